The van der Waals surface area contributed by atoms with Crippen LogP contribution in [0, 0.1) is 0 Å². The zero-order chi connectivity index (χ0) is 13.7. The summed E-state index contributed by atoms with van der Waals surface area (Å²) in [6, 6.07) is 4.03. The number of hydrogen-bond donors (Lipinski definition) is 1. The normalized spacial score (nSPS) is 21.3. The monoisotopic (exact) mass is 279 g/mol. The van der Waals surface area contributed by atoms with Crippen LogP contribution in [-0.4, -0.2) is 25.6 Å². The topological polar surface area (TPSA) is 17.3 Å². The van der Waals surface area contributed by atoms with Crippen LogP contribution in [0.2, 0.25) is 5.15 Å². The van der Waals surface area contributed by atoms with Crippen LogP contribution in [0.15, 0.2) is 23.9 Å². The van der Waals surface area contributed by atoms with Crippen molar-refractivity contribution in [1.82, 2.24) is 4.98 Å². The van der Waals surface area contributed by atoms with Crippen LogP contribution in [0.1, 0.15) is 44.1 Å². The molecule has 104 valence electrons. The van der Waals surface area contributed by atoms with Gasteiger partial charge in [-0.3, -0.25) is 0 Å². The fraction of sp³-hybridized carbons (Fsp3) is 0.562. The zero-order valence-corrected chi connectivity index (χ0v) is 12.8. The molecule has 0 amide bonds. The lowest BCUT2D eigenvalue weighted by atomic mass is 9.89. The van der Waals surface area contributed by atoms with Gasteiger partial charge in [-0.15, -0.1) is 0 Å². The third-order valence-electron chi connectivity index (χ3n) is 3.72. The van der Waals surface area contributed by atoms with Crippen molar-refractivity contribution in [1.29, 1.82) is 0 Å². The molecule has 1 aromatic rings. The summed E-state index contributed by atoms with van der Waals surface area (Å²) in [5.74, 6) is 0. The Morgan fingerprint density at radius 1 is 1.11 bits per heavy atom. The Morgan fingerprint density at radius 2 is 1.84 bits per heavy atom. The lowest BCUT2D eigenvalue weighted by Gasteiger charge is -2.20. The first-order valence-corrected chi connectivity index (χ1v) is 7.66. The third-order valence-corrected chi connectivity index (χ3v) is 3.95. The lowest BCUT2D eigenvalue weighted by Crippen LogP contribution is -3.05. The molecule has 1 N–H and O–H groups in total. The van der Waals surface area contributed by atoms with Gasteiger partial charge in [0.2, 0.25) is 0 Å². The molecule has 3 heteroatoms. The van der Waals surface area contributed by atoms with E-state index in [2.05, 4.69) is 25.1 Å². The summed E-state index contributed by atoms with van der Waals surface area (Å²) >= 11 is 5.90. The van der Waals surface area contributed by atoms with Crippen molar-refractivity contribution in [2.45, 2.75) is 38.5 Å². The minimum absolute atomic E-state index is 0.579. The molecule has 0 spiro atoms. The highest BCUT2D eigenvalue weighted by Gasteiger charge is 2.14. The van der Waals surface area contributed by atoms with Crippen molar-refractivity contribution in [2.75, 3.05) is 20.6 Å². The summed E-state index contributed by atoms with van der Waals surface area (Å²) in [5, 5.41) is 0.579. The summed E-state index contributed by atoms with van der Waals surface area (Å²) in [6.45, 7) is 1.14. The standard InChI is InChI=1S/C16H23ClN2/c1-19(2)12-14-7-5-3-4-6-8-15(14)13-9-10-16(17)18-11-13/h9-11H,3-8,12H2,1-2H3/p+1/b15-14-. The predicted molar refractivity (Wildman–Crippen MR) is 81.5 cm³/mol. The van der Waals surface area contributed by atoms with Gasteiger partial charge in [-0.2, -0.15) is 0 Å². The highest BCUT2D eigenvalue weighted by molar-refractivity contribution is 6.29. The number of nitrogens with zero attached hydrogens (tertiary/aromatic N) is 1. The molecule has 0 aromatic carbocycles. The van der Waals surface area contributed by atoms with Crippen LogP contribution in [0.3, 0.4) is 0 Å². The Hall–Kier alpha value is -0.860. The van der Waals surface area contributed by atoms with Gasteiger partial charge in [-0.25, -0.2) is 4.98 Å². The van der Waals surface area contributed by atoms with Gasteiger partial charge in [0, 0.05) is 6.20 Å². The molecule has 1 aliphatic rings. The van der Waals surface area contributed by atoms with E-state index in [1.54, 1.807) is 5.57 Å². The number of nitrogens with one attached hydrogen (secondary N) is 1. The fourth-order valence-electron chi connectivity index (χ4n) is 2.85. The van der Waals surface area contributed by atoms with Crippen molar-refractivity contribution < 1.29 is 4.90 Å². The van der Waals surface area contributed by atoms with Crippen molar-refractivity contribution >= 4 is 17.2 Å². The van der Waals surface area contributed by atoms with E-state index < -0.39 is 0 Å². The van der Waals surface area contributed by atoms with Crippen molar-refractivity contribution in [2.24, 2.45) is 0 Å². The molecule has 1 heterocycles. The van der Waals surface area contributed by atoms with Crippen molar-refractivity contribution in [3.8, 4) is 0 Å². The van der Waals surface area contributed by atoms with Gasteiger partial charge in [-0.05, 0) is 48.5 Å². The van der Waals surface area contributed by atoms with Crippen LogP contribution >= 0.6 is 11.6 Å². The number of likely N-dealkylation sites (N-methyl/N-ethyl adjacent to an activating group) is 1. The smallest absolute Gasteiger partial charge is 0.129 e. The number of aromatic nitrogens is 1. The Labute approximate surface area is 121 Å². The molecular weight excluding hydrogens is 256 g/mol. The SMILES string of the molecule is C[NH+](C)C/C1=C(\c2ccc(Cl)nc2)CCCCCC1. The molecule has 0 atom stereocenters. The van der Waals surface area contributed by atoms with Gasteiger partial charge in [0.25, 0.3) is 0 Å². The molecule has 2 rings (SSSR count). The van der Waals surface area contributed by atoms with E-state index in [0.29, 0.717) is 5.15 Å². The quantitative estimate of drug-likeness (QED) is 0.842. The second-order valence-electron chi connectivity index (χ2n) is 5.75. The Kier molecular flexibility index (Phi) is 5.41. The maximum Gasteiger partial charge on any atom is 0.129 e. The number of pyridine rings is 1. The molecule has 1 aliphatic carbocycles. The summed E-state index contributed by atoms with van der Waals surface area (Å²) in [6.07, 6.45) is 9.71. The second kappa shape index (κ2) is 7.06. The van der Waals surface area contributed by atoms with E-state index in [-0.39, 0.29) is 0 Å². The summed E-state index contributed by atoms with van der Waals surface area (Å²) in [5.41, 5.74) is 4.40. The van der Waals surface area contributed by atoms with Gasteiger partial charge >= 0.3 is 0 Å². The molecule has 0 unspecified atom stereocenters. The van der Waals surface area contributed by atoms with E-state index >= 15 is 0 Å². The number of quaternary nitrogens is 1. The maximum absolute atomic E-state index is 5.90. The highest BCUT2D eigenvalue weighted by Crippen LogP contribution is 2.29. The second-order valence-corrected chi connectivity index (χ2v) is 6.14. The van der Waals surface area contributed by atoms with Gasteiger partial charge < -0.3 is 4.90 Å². The highest BCUT2D eigenvalue weighted by atomic mass is 35.5. The summed E-state index contributed by atoms with van der Waals surface area (Å²) in [4.78, 5) is 5.74. The molecule has 0 fully saturated rings. The molecule has 0 aliphatic heterocycles. The third kappa shape index (κ3) is 4.32. The van der Waals surface area contributed by atoms with E-state index in [4.69, 9.17) is 11.6 Å². The molecule has 19 heavy (non-hydrogen) atoms. The minimum atomic E-state index is 0.579. The van der Waals surface area contributed by atoms with Crippen LogP contribution in [0.5, 0.6) is 0 Å². The predicted octanol–water partition coefficient (Wildman–Crippen LogP) is 2.99. The summed E-state index contributed by atoms with van der Waals surface area (Å²) < 4.78 is 0. The van der Waals surface area contributed by atoms with Crippen molar-refractivity contribution in [3.63, 3.8) is 0 Å². The minimum Gasteiger partial charge on any atom is -0.336 e. The molecule has 2 nitrogen and oxygen atoms in total. The van der Waals surface area contributed by atoms with E-state index in [9.17, 15) is 0 Å². The van der Waals surface area contributed by atoms with Crippen molar-refractivity contribution in [3.05, 3.63) is 34.6 Å². The molecule has 1 aromatic heterocycles. The molecular formula is C16H24ClN2+. The molecule has 0 saturated carbocycles. The van der Waals surface area contributed by atoms with Crippen LogP contribution in [0.4, 0.5) is 0 Å². The Balaban J connectivity index is 2.33. The number of hydrogen-bond acceptors (Lipinski definition) is 1. The van der Waals surface area contributed by atoms with E-state index in [1.807, 2.05) is 12.3 Å². The average molecular weight is 280 g/mol. The van der Waals surface area contributed by atoms with Crippen LogP contribution < -0.4 is 4.90 Å². The first kappa shape index (κ1) is 14.5. The maximum atomic E-state index is 5.90. The lowest BCUT2D eigenvalue weighted by molar-refractivity contribution is -0.853. The van der Waals surface area contributed by atoms with Crippen LogP contribution in [0.25, 0.3) is 5.57 Å². The van der Waals surface area contributed by atoms with E-state index in [1.165, 1.54) is 54.6 Å². The largest absolute Gasteiger partial charge is 0.336 e. The first-order valence-electron chi connectivity index (χ1n) is 7.28. The van der Waals surface area contributed by atoms with Gasteiger partial charge in [0.15, 0.2) is 0 Å². The number of halogens is 1. The fourth-order valence-corrected chi connectivity index (χ4v) is 2.96. The summed E-state index contributed by atoms with van der Waals surface area (Å²) in [7, 11) is 4.45. The van der Waals surface area contributed by atoms with Gasteiger partial charge in [0.1, 0.15) is 5.15 Å². The van der Waals surface area contributed by atoms with Crippen LogP contribution in [-0.2, 0) is 0 Å². The molecule has 0 bridgehead atoms. The first-order chi connectivity index (χ1) is 9.16. The average Bonchev–Trinajstić information content (AvgIpc) is 2.34. The number of rotatable bonds is 3. The molecule has 0 saturated heterocycles. The Morgan fingerprint density at radius 3 is 2.47 bits per heavy atom. The van der Waals surface area contributed by atoms with Gasteiger partial charge in [0.05, 0.1) is 20.6 Å². The van der Waals surface area contributed by atoms with Gasteiger partial charge in [-0.1, -0.05) is 30.5 Å². The Bertz CT molecular complexity index is 435. The molecule has 0 radical (unpaired) electrons. The van der Waals surface area contributed by atoms with E-state index in [0.717, 1.165) is 6.54 Å². The number of allylic oxidation sites excluding steroid dienone is 1. The zero-order valence-electron chi connectivity index (χ0n) is 12.0.